The topological polar surface area (TPSA) is 98.7 Å². The van der Waals surface area contributed by atoms with Crippen LogP contribution in [0, 0.1) is 0 Å². The highest BCUT2D eigenvalue weighted by Gasteiger charge is 2.09. The second-order valence-electron chi connectivity index (χ2n) is 7.52. The van der Waals surface area contributed by atoms with E-state index < -0.39 is 0 Å². The van der Waals surface area contributed by atoms with E-state index in [2.05, 4.69) is 10.6 Å². The van der Waals surface area contributed by atoms with E-state index in [0.29, 0.717) is 22.5 Å². The highest BCUT2D eigenvalue weighted by molar-refractivity contribution is 6.05. The van der Waals surface area contributed by atoms with E-state index in [1.54, 1.807) is 60.7 Å². The lowest BCUT2D eigenvalue weighted by molar-refractivity contribution is 0.101. The van der Waals surface area contributed by atoms with Gasteiger partial charge < -0.3 is 20.8 Å². The molecular weight excluding hydrogens is 428 g/mol. The summed E-state index contributed by atoms with van der Waals surface area (Å²) in [7, 11) is 0. The van der Waals surface area contributed by atoms with Crippen LogP contribution in [0.1, 0.15) is 31.8 Å². The maximum absolute atomic E-state index is 12.4. The number of phenols is 2. The first-order chi connectivity index (χ1) is 16.5. The monoisotopic (exact) mass is 450 g/mol. The summed E-state index contributed by atoms with van der Waals surface area (Å²) in [6.45, 7) is 0. The number of carbonyl (C=O) groups excluding carboxylic acids is 2. The molecule has 0 aliphatic rings. The quantitative estimate of drug-likeness (QED) is 0.221. The minimum absolute atomic E-state index is 0.0112. The average Bonchev–Trinajstić information content (AvgIpc) is 2.86. The second-order valence-corrected chi connectivity index (χ2v) is 7.52. The Morgan fingerprint density at radius 2 is 0.882 bits per heavy atom. The number of hydrogen-bond donors (Lipinski definition) is 4. The third kappa shape index (κ3) is 5.49. The van der Waals surface area contributed by atoms with Crippen LogP contribution in [-0.4, -0.2) is 22.0 Å². The molecule has 4 N–H and O–H groups in total. The van der Waals surface area contributed by atoms with E-state index >= 15 is 0 Å². The maximum Gasteiger partial charge on any atom is 0.255 e. The summed E-state index contributed by atoms with van der Waals surface area (Å²) in [6.07, 6.45) is 3.81. The fourth-order valence-electron chi connectivity index (χ4n) is 3.23. The van der Waals surface area contributed by atoms with Gasteiger partial charge in [-0.2, -0.15) is 0 Å². The Hall–Kier alpha value is -4.84. The molecule has 4 aromatic rings. The summed E-state index contributed by atoms with van der Waals surface area (Å²) in [4.78, 5) is 24.8. The Morgan fingerprint density at radius 1 is 0.529 bits per heavy atom. The molecule has 0 heterocycles. The average molecular weight is 450 g/mol. The van der Waals surface area contributed by atoms with Crippen LogP contribution in [0.4, 0.5) is 11.4 Å². The first-order valence-corrected chi connectivity index (χ1v) is 10.6. The van der Waals surface area contributed by atoms with Crippen molar-refractivity contribution in [2.75, 3.05) is 10.6 Å². The van der Waals surface area contributed by atoms with Crippen LogP contribution in [0.3, 0.4) is 0 Å². The van der Waals surface area contributed by atoms with Gasteiger partial charge in [0, 0.05) is 11.1 Å². The molecular formula is C28H22N2O4. The van der Waals surface area contributed by atoms with Crippen molar-refractivity contribution in [1.29, 1.82) is 0 Å². The van der Waals surface area contributed by atoms with Crippen molar-refractivity contribution in [3.63, 3.8) is 0 Å². The molecule has 0 saturated carbocycles. The van der Waals surface area contributed by atoms with Gasteiger partial charge in [0.05, 0.1) is 11.4 Å². The van der Waals surface area contributed by atoms with Crippen molar-refractivity contribution in [2.45, 2.75) is 0 Å². The van der Waals surface area contributed by atoms with E-state index in [9.17, 15) is 19.8 Å². The summed E-state index contributed by atoms with van der Waals surface area (Å²) in [5.74, 6) is -0.598. The number of rotatable bonds is 6. The zero-order chi connectivity index (χ0) is 23.9. The Morgan fingerprint density at radius 3 is 1.24 bits per heavy atom. The van der Waals surface area contributed by atoms with Gasteiger partial charge in [0.15, 0.2) is 0 Å². The largest absolute Gasteiger partial charge is 0.506 e. The highest BCUT2D eigenvalue weighted by Crippen LogP contribution is 2.23. The second kappa shape index (κ2) is 10.2. The first-order valence-electron chi connectivity index (χ1n) is 10.6. The fourth-order valence-corrected chi connectivity index (χ4v) is 3.23. The van der Waals surface area contributed by atoms with Gasteiger partial charge in [-0.05, 0) is 59.7 Å². The molecule has 0 saturated heterocycles. The Kier molecular flexibility index (Phi) is 6.70. The molecule has 0 bridgehead atoms. The molecule has 6 nitrogen and oxygen atoms in total. The zero-order valence-corrected chi connectivity index (χ0v) is 18.1. The maximum atomic E-state index is 12.4. The van der Waals surface area contributed by atoms with Crippen molar-refractivity contribution in [3.8, 4) is 11.5 Å². The number of benzene rings is 4. The van der Waals surface area contributed by atoms with Crippen LogP contribution >= 0.6 is 0 Å². The van der Waals surface area contributed by atoms with Gasteiger partial charge in [-0.3, -0.25) is 9.59 Å². The Labute approximate surface area is 196 Å². The van der Waals surface area contributed by atoms with Crippen LogP contribution in [-0.2, 0) is 0 Å². The van der Waals surface area contributed by atoms with Crippen LogP contribution in [0.5, 0.6) is 11.5 Å². The molecule has 6 heteroatoms. The molecule has 0 aromatic heterocycles. The van der Waals surface area contributed by atoms with Crippen molar-refractivity contribution in [1.82, 2.24) is 0 Å². The molecule has 0 unspecified atom stereocenters. The fraction of sp³-hybridized carbons (Fsp3) is 0. The van der Waals surface area contributed by atoms with Crippen LogP contribution < -0.4 is 10.6 Å². The summed E-state index contributed by atoms with van der Waals surface area (Å²) >= 11 is 0. The summed E-state index contributed by atoms with van der Waals surface area (Å²) in [5, 5.41) is 25.0. The predicted octanol–water partition coefficient (Wildman–Crippen LogP) is 5.77. The van der Waals surface area contributed by atoms with Gasteiger partial charge in [0.1, 0.15) is 11.5 Å². The Bertz CT molecular complexity index is 1240. The molecule has 4 rings (SSSR count). The molecule has 0 radical (unpaired) electrons. The lowest BCUT2D eigenvalue weighted by Gasteiger charge is -2.07. The highest BCUT2D eigenvalue weighted by atomic mass is 16.3. The third-order valence-corrected chi connectivity index (χ3v) is 5.12. The van der Waals surface area contributed by atoms with Gasteiger partial charge in [0.2, 0.25) is 0 Å². The van der Waals surface area contributed by atoms with Crippen molar-refractivity contribution < 1.29 is 19.8 Å². The van der Waals surface area contributed by atoms with E-state index in [1.807, 2.05) is 36.4 Å². The molecule has 2 amide bonds. The van der Waals surface area contributed by atoms with Crippen molar-refractivity contribution >= 4 is 35.3 Å². The van der Waals surface area contributed by atoms with E-state index in [-0.39, 0.29) is 23.3 Å². The molecule has 0 aliphatic carbocycles. The Balaban J connectivity index is 1.37. The predicted molar refractivity (Wildman–Crippen MR) is 134 cm³/mol. The molecule has 0 fully saturated rings. The molecule has 0 spiro atoms. The molecule has 4 aromatic carbocycles. The lowest BCUT2D eigenvalue weighted by Crippen LogP contribution is -2.11. The summed E-state index contributed by atoms with van der Waals surface area (Å²) < 4.78 is 0. The molecule has 34 heavy (non-hydrogen) atoms. The molecule has 0 aliphatic heterocycles. The van der Waals surface area contributed by atoms with Gasteiger partial charge in [-0.15, -0.1) is 0 Å². The lowest BCUT2D eigenvalue weighted by atomic mass is 10.1. The minimum Gasteiger partial charge on any atom is -0.506 e. The number of phenolic OH excluding ortho intramolecular Hbond substituents is 2. The number of hydrogen-bond acceptors (Lipinski definition) is 4. The number of carbonyl (C=O) groups is 2. The smallest absolute Gasteiger partial charge is 0.255 e. The van der Waals surface area contributed by atoms with Gasteiger partial charge in [-0.25, -0.2) is 0 Å². The zero-order valence-electron chi connectivity index (χ0n) is 18.1. The standard InChI is InChI=1S/C28H22N2O4/c31-25-7-3-1-5-23(25)29-27(33)21-15-11-19(12-16-21)9-10-20-13-17-22(18-14-20)28(34)30-24-6-2-4-8-26(24)32/h1-18,31-32H,(H,29,33)(H,30,34)/b10-9+. The third-order valence-electron chi connectivity index (χ3n) is 5.12. The molecule has 0 atom stereocenters. The van der Waals surface area contributed by atoms with Crippen LogP contribution in [0.25, 0.3) is 12.2 Å². The summed E-state index contributed by atoms with van der Waals surface area (Å²) in [6, 6.07) is 27.3. The number of amides is 2. The number of anilines is 2. The van der Waals surface area contributed by atoms with Gasteiger partial charge >= 0.3 is 0 Å². The van der Waals surface area contributed by atoms with Gasteiger partial charge in [-0.1, -0.05) is 60.7 Å². The normalized spacial score (nSPS) is 10.7. The van der Waals surface area contributed by atoms with Gasteiger partial charge in [0.25, 0.3) is 11.8 Å². The number of nitrogens with one attached hydrogen (secondary N) is 2. The summed E-state index contributed by atoms with van der Waals surface area (Å²) in [5.41, 5.74) is 3.46. The number of aromatic hydroxyl groups is 2. The van der Waals surface area contributed by atoms with Crippen LogP contribution in [0.15, 0.2) is 97.1 Å². The first kappa shape index (κ1) is 22.4. The van der Waals surface area contributed by atoms with E-state index in [4.69, 9.17) is 0 Å². The molecule has 168 valence electrons. The van der Waals surface area contributed by atoms with Crippen molar-refractivity contribution in [3.05, 3.63) is 119 Å². The van der Waals surface area contributed by atoms with Crippen molar-refractivity contribution in [2.24, 2.45) is 0 Å². The number of para-hydroxylation sites is 4. The van der Waals surface area contributed by atoms with E-state index in [0.717, 1.165) is 11.1 Å². The van der Waals surface area contributed by atoms with E-state index in [1.165, 1.54) is 12.1 Å². The SMILES string of the molecule is O=C(Nc1ccccc1O)c1ccc(/C=C/c2ccc(C(=O)Nc3ccccc3O)cc2)cc1. The minimum atomic E-state index is -0.310. The van der Waals surface area contributed by atoms with Crippen LogP contribution in [0.2, 0.25) is 0 Å².